The molecule has 0 radical (unpaired) electrons. The van der Waals surface area contributed by atoms with Crippen molar-refractivity contribution in [2.24, 2.45) is 5.92 Å². The van der Waals surface area contributed by atoms with Crippen molar-refractivity contribution < 1.29 is 28.7 Å². The summed E-state index contributed by atoms with van der Waals surface area (Å²) in [4.78, 5) is 47.5. The number of ether oxygens (including phenoxy) is 2. The van der Waals surface area contributed by atoms with Gasteiger partial charge >= 0.3 is 12.1 Å². The van der Waals surface area contributed by atoms with E-state index in [4.69, 9.17) is 14.3 Å². The van der Waals surface area contributed by atoms with Crippen LogP contribution in [0.1, 0.15) is 54.6 Å². The van der Waals surface area contributed by atoms with E-state index in [1.165, 1.54) is 0 Å². The minimum atomic E-state index is -0.722. The molecule has 2 saturated heterocycles. The number of amides is 1. The Morgan fingerprint density at radius 3 is 2.36 bits per heavy atom. The zero-order chi connectivity index (χ0) is 27.2. The Morgan fingerprint density at radius 1 is 0.949 bits per heavy atom. The molecule has 3 aliphatic heterocycles. The Kier molecular flexibility index (Phi) is 6.49. The third kappa shape index (κ3) is 4.73. The zero-order valence-electron chi connectivity index (χ0n) is 22.6. The van der Waals surface area contributed by atoms with Crippen molar-refractivity contribution >= 4 is 23.7 Å². The van der Waals surface area contributed by atoms with Gasteiger partial charge in [-0.05, 0) is 42.5 Å². The maximum absolute atomic E-state index is 13.8. The van der Waals surface area contributed by atoms with Crippen molar-refractivity contribution in [1.82, 2.24) is 9.96 Å². The van der Waals surface area contributed by atoms with Crippen LogP contribution >= 0.6 is 0 Å². The topological polar surface area (TPSA) is 88.6 Å². The summed E-state index contributed by atoms with van der Waals surface area (Å²) in [6, 6.07) is 15.8. The van der Waals surface area contributed by atoms with E-state index in [-0.39, 0.29) is 17.8 Å². The van der Waals surface area contributed by atoms with Crippen LogP contribution in [0.2, 0.25) is 0 Å². The quantitative estimate of drug-likeness (QED) is 0.518. The van der Waals surface area contributed by atoms with Gasteiger partial charge in [0, 0.05) is 37.3 Å². The molecule has 3 heterocycles. The number of hydrogen-bond donors (Lipinski definition) is 0. The molecule has 0 aromatic heterocycles. The van der Waals surface area contributed by atoms with Gasteiger partial charge in [-0.3, -0.25) is 4.79 Å². The molecule has 1 atom stereocenters. The largest absolute Gasteiger partial charge is 0.527 e. The molecular formula is C30H35N3O6. The van der Waals surface area contributed by atoms with Gasteiger partial charge in [-0.25, -0.2) is 9.59 Å². The number of esters is 1. The lowest BCUT2D eigenvalue weighted by atomic mass is 9.91. The lowest BCUT2D eigenvalue weighted by molar-refractivity contribution is -0.134. The van der Waals surface area contributed by atoms with Crippen LogP contribution in [0, 0.1) is 5.92 Å². The lowest BCUT2D eigenvalue weighted by Crippen LogP contribution is -2.47. The number of fused-ring (bicyclic) bond motifs is 2. The van der Waals surface area contributed by atoms with Crippen LogP contribution < -0.4 is 4.90 Å². The van der Waals surface area contributed by atoms with Gasteiger partial charge in [-0.15, -0.1) is 5.06 Å². The number of hydroxylamine groups is 2. The van der Waals surface area contributed by atoms with Gasteiger partial charge < -0.3 is 24.1 Å². The highest BCUT2D eigenvalue weighted by atomic mass is 16.8. The molecule has 1 spiro atoms. The van der Waals surface area contributed by atoms with E-state index in [9.17, 15) is 14.4 Å². The molecule has 206 valence electrons. The maximum Gasteiger partial charge on any atom is 0.527 e. The first-order valence-corrected chi connectivity index (χ1v) is 13.9. The van der Waals surface area contributed by atoms with Crippen LogP contribution in [0.25, 0.3) is 0 Å². The molecule has 6 rings (SSSR count). The van der Waals surface area contributed by atoms with E-state index >= 15 is 0 Å². The minimum absolute atomic E-state index is 0.127. The second-order valence-electron chi connectivity index (χ2n) is 11.5. The van der Waals surface area contributed by atoms with Gasteiger partial charge in [0.25, 0.3) is 0 Å². The maximum atomic E-state index is 13.8. The second-order valence-corrected chi connectivity index (χ2v) is 11.5. The Balaban J connectivity index is 1.06. The molecule has 9 heteroatoms. The first-order chi connectivity index (χ1) is 18.8. The molecule has 0 bridgehead atoms. The van der Waals surface area contributed by atoms with E-state index in [1.807, 2.05) is 36.9 Å². The third-order valence-corrected chi connectivity index (χ3v) is 8.37. The van der Waals surface area contributed by atoms with Crippen LogP contribution in [0.5, 0.6) is 0 Å². The first kappa shape index (κ1) is 25.7. The van der Waals surface area contributed by atoms with E-state index in [0.29, 0.717) is 44.8 Å². The smallest absolute Gasteiger partial charge is 0.449 e. The molecule has 9 nitrogen and oxygen atoms in total. The number of benzene rings is 2. The molecule has 2 aromatic carbocycles. The normalized spacial score (nSPS) is 23.6. The van der Waals surface area contributed by atoms with Crippen LogP contribution in [0.4, 0.5) is 10.5 Å². The number of anilines is 1. The monoisotopic (exact) mass is 533 g/mol. The van der Waals surface area contributed by atoms with Crippen molar-refractivity contribution in [3.63, 3.8) is 0 Å². The highest BCUT2D eigenvalue weighted by molar-refractivity contribution is 5.96. The predicted octanol–water partition coefficient (Wildman–Crippen LogP) is 3.86. The summed E-state index contributed by atoms with van der Waals surface area (Å²) >= 11 is 0. The van der Waals surface area contributed by atoms with Crippen LogP contribution in [0.15, 0.2) is 48.5 Å². The van der Waals surface area contributed by atoms with Crippen LogP contribution in [-0.2, 0) is 30.1 Å². The summed E-state index contributed by atoms with van der Waals surface area (Å²) in [5.74, 6) is 0.0941. The molecule has 4 aliphatic rings. The third-order valence-electron chi connectivity index (χ3n) is 8.37. The fourth-order valence-corrected chi connectivity index (χ4v) is 6.05. The number of piperazine rings is 1. The molecule has 1 amide bonds. The van der Waals surface area contributed by atoms with E-state index in [0.717, 1.165) is 42.7 Å². The Labute approximate surface area is 228 Å². The highest BCUT2D eigenvalue weighted by Gasteiger charge is 2.57. The van der Waals surface area contributed by atoms with Gasteiger partial charge in [-0.1, -0.05) is 44.2 Å². The van der Waals surface area contributed by atoms with Crippen LogP contribution in [-0.4, -0.2) is 73.9 Å². The number of nitrogens with zero attached hydrogens (tertiary/aromatic N) is 3. The molecule has 3 fully saturated rings. The average Bonchev–Trinajstić information content (AvgIpc) is 3.58. The van der Waals surface area contributed by atoms with E-state index in [1.54, 1.807) is 11.1 Å². The fourth-order valence-electron chi connectivity index (χ4n) is 6.05. The van der Waals surface area contributed by atoms with E-state index in [2.05, 4.69) is 29.2 Å². The average molecular weight is 534 g/mol. The summed E-state index contributed by atoms with van der Waals surface area (Å²) in [7, 11) is 0. The summed E-state index contributed by atoms with van der Waals surface area (Å²) in [5.41, 5.74) is 2.42. The molecule has 0 N–H and O–H groups in total. The van der Waals surface area contributed by atoms with Gasteiger partial charge in [-0.2, -0.15) is 0 Å². The van der Waals surface area contributed by atoms with Crippen molar-refractivity contribution in [2.45, 2.75) is 44.1 Å². The number of rotatable bonds is 6. The SMILES string of the molecule is CC(C)COC(=O)ON1CCN(c2ccc(C3(C(=O)N4CCC5(C4)OC(=O)c4ccccc45)CC3)cc2)CC1. The van der Waals surface area contributed by atoms with Crippen molar-refractivity contribution in [1.29, 1.82) is 0 Å². The van der Waals surface area contributed by atoms with Gasteiger partial charge in [0.15, 0.2) is 5.60 Å². The predicted molar refractivity (Wildman–Crippen MR) is 143 cm³/mol. The molecule has 1 aliphatic carbocycles. The summed E-state index contributed by atoms with van der Waals surface area (Å²) in [5, 5.41) is 1.65. The Hall–Kier alpha value is -3.59. The number of carbonyl (C=O) groups excluding carboxylic acids is 3. The minimum Gasteiger partial charge on any atom is -0.449 e. The van der Waals surface area contributed by atoms with E-state index < -0.39 is 17.2 Å². The zero-order valence-corrected chi connectivity index (χ0v) is 22.6. The highest BCUT2D eigenvalue weighted by Crippen LogP contribution is 2.52. The Bertz CT molecular complexity index is 1270. The fraction of sp³-hybridized carbons (Fsp3) is 0.500. The standard InChI is InChI=1S/C30H35N3O6/c1-21(2)19-37-28(36)39-33-17-15-31(16-18-33)23-9-7-22(8-10-23)29(11-12-29)27(35)32-14-13-30(20-32)25-6-4-3-5-24(25)26(34)38-30/h3-10,21H,11-20H2,1-2H3. The van der Waals surface area contributed by atoms with Crippen molar-refractivity contribution in [3.8, 4) is 0 Å². The van der Waals surface area contributed by atoms with Gasteiger partial charge in [0.2, 0.25) is 5.91 Å². The number of carbonyl (C=O) groups is 3. The van der Waals surface area contributed by atoms with Crippen molar-refractivity contribution in [3.05, 3.63) is 65.2 Å². The Morgan fingerprint density at radius 2 is 1.67 bits per heavy atom. The van der Waals surface area contributed by atoms with Gasteiger partial charge in [0.05, 0.1) is 37.2 Å². The number of hydrogen-bond acceptors (Lipinski definition) is 8. The van der Waals surface area contributed by atoms with Crippen LogP contribution in [0.3, 0.4) is 0 Å². The first-order valence-electron chi connectivity index (χ1n) is 13.9. The summed E-state index contributed by atoms with van der Waals surface area (Å²) in [6.45, 7) is 7.91. The molecule has 39 heavy (non-hydrogen) atoms. The summed E-state index contributed by atoms with van der Waals surface area (Å²) < 4.78 is 11.0. The second kappa shape index (κ2) is 9.86. The summed E-state index contributed by atoms with van der Waals surface area (Å²) in [6.07, 6.45) is 1.63. The molecule has 1 saturated carbocycles. The lowest BCUT2D eigenvalue weighted by Gasteiger charge is -2.34. The molecule has 2 aromatic rings. The molecular weight excluding hydrogens is 498 g/mol. The molecule has 1 unspecified atom stereocenters. The van der Waals surface area contributed by atoms with Gasteiger partial charge in [0.1, 0.15) is 0 Å². The van der Waals surface area contributed by atoms with Crippen molar-refractivity contribution in [2.75, 3.05) is 50.8 Å². The number of likely N-dealkylation sites (tertiary alicyclic amines) is 1.